The number of nitrogen functional groups attached to an aromatic ring is 1. The van der Waals surface area contributed by atoms with Gasteiger partial charge in [0.1, 0.15) is 11.5 Å². The Labute approximate surface area is 116 Å². The summed E-state index contributed by atoms with van der Waals surface area (Å²) in [5.41, 5.74) is 7.01. The molecule has 2 aromatic rings. The summed E-state index contributed by atoms with van der Waals surface area (Å²) in [6, 6.07) is 6.84. The summed E-state index contributed by atoms with van der Waals surface area (Å²) in [7, 11) is 0. The summed E-state index contributed by atoms with van der Waals surface area (Å²) in [5.74, 6) is 1.16. The number of hydrogen-bond acceptors (Lipinski definition) is 3. The summed E-state index contributed by atoms with van der Waals surface area (Å²) in [4.78, 5) is 16.8. The third-order valence-corrected chi connectivity index (χ3v) is 3.68. The Balaban J connectivity index is 2.04. The highest BCUT2D eigenvalue weighted by atomic mass is 35.5. The van der Waals surface area contributed by atoms with E-state index >= 15 is 0 Å². The van der Waals surface area contributed by atoms with Gasteiger partial charge in [-0.25, -0.2) is 4.98 Å². The Morgan fingerprint density at radius 1 is 1.26 bits per heavy atom. The number of anilines is 1. The average Bonchev–Trinajstić information content (AvgIpc) is 2.74. The number of aryl methyl sites for hydroxylation is 1. The van der Waals surface area contributed by atoms with Crippen molar-refractivity contribution in [3.05, 3.63) is 46.4 Å². The van der Waals surface area contributed by atoms with Gasteiger partial charge in [-0.2, -0.15) is 0 Å². The molecule has 0 saturated heterocycles. The van der Waals surface area contributed by atoms with Crippen molar-refractivity contribution >= 4 is 23.2 Å². The van der Waals surface area contributed by atoms with Crippen LogP contribution in [0, 0.1) is 0 Å². The Morgan fingerprint density at radius 3 is 2.74 bits per heavy atom. The van der Waals surface area contributed by atoms with Crippen molar-refractivity contribution in [1.82, 2.24) is 9.55 Å². The first kappa shape index (κ1) is 12.2. The van der Waals surface area contributed by atoms with Gasteiger partial charge in [-0.1, -0.05) is 11.6 Å². The molecule has 98 valence electrons. The molecule has 1 aliphatic rings. The van der Waals surface area contributed by atoms with Crippen LogP contribution in [0.25, 0.3) is 0 Å². The molecule has 2 N–H and O–H groups in total. The zero-order valence-electron chi connectivity index (χ0n) is 10.4. The lowest BCUT2D eigenvalue weighted by Crippen LogP contribution is -2.17. The first-order valence-corrected chi connectivity index (χ1v) is 6.70. The molecule has 3 rings (SSSR count). The predicted octanol–water partition coefficient (Wildman–Crippen LogP) is 2.69. The van der Waals surface area contributed by atoms with E-state index in [1.807, 2.05) is 4.57 Å². The smallest absolute Gasteiger partial charge is 0.213 e. The van der Waals surface area contributed by atoms with Gasteiger partial charge < -0.3 is 10.3 Å². The van der Waals surface area contributed by atoms with Crippen LogP contribution in [0.4, 0.5) is 5.82 Å². The van der Waals surface area contributed by atoms with Crippen molar-refractivity contribution in [1.29, 1.82) is 0 Å². The molecule has 1 aromatic heterocycles. The topological polar surface area (TPSA) is 60.9 Å². The molecule has 19 heavy (non-hydrogen) atoms. The van der Waals surface area contributed by atoms with Crippen LogP contribution in [-0.4, -0.2) is 15.3 Å². The van der Waals surface area contributed by atoms with E-state index in [1.165, 1.54) is 0 Å². The molecule has 0 bridgehead atoms. The van der Waals surface area contributed by atoms with Gasteiger partial charge in [0.05, 0.1) is 0 Å². The number of rotatable bonds is 2. The molecular formula is C14H14ClN3O. The monoisotopic (exact) mass is 275 g/mol. The molecule has 0 radical (unpaired) electrons. The fraction of sp³-hybridized carbons (Fsp3) is 0.286. The Morgan fingerprint density at radius 2 is 2.00 bits per heavy atom. The molecular weight excluding hydrogens is 262 g/mol. The maximum Gasteiger partial charge on any atom is 0.213 e. The number of nitrogens with two attached hydrogens (primary N) is 1. The maximum absolute atomic E-state index is 12.5. The molecule has 0 atom stereocenters. The summed E-state index contributed by atoms with van der Waals surface area (Å²) in [5, 5.41) is 0.611. The van der Waals surface area contributed by atoms with E-state index in [-0.39, 0.29) is 5.78 Å². The van der Waals surface area contributed by atoms with Crippen LogP contribution in [0.3, 0.4) is 0 Å². The number of aromatic nitrogens is 2. The SMILES string of the molecule is Nc1nc2n(c1C(=O)c1ccc(Cl)cc1)CCCC2. The number of benzene rings is 1. The van der Waals surface area contributed by atoms with Crippen molar-refractivity contribution in [2.75, 3.05) is 5.73 Å². The minimum Gasteiger partial charge on any atom is -0.382 e. The predicted molar refractivity (Wildman–Crippen MR) is 74.5 cm³/mol. The zero-order chi connectivity index (χ0) is 13.4. The minimum atomic E-state index is -0.0881. The summed E-state index contributed by atoms with van der Waals surface area (Å²) in [6.45, 7) is 0.814. The molecule has 0 amide bonds. The molecule has 0 fully saturated rings. The number of carbonyl (C=O) groups excluding carboxylic acids is 1. The fourth-order valence-electron chi connectivity index (χ4n) is 2.48. The largest absolute Gasteiger partial charge is 0.382 e. The second kappa shape index (κ2) is 4.70. The Hall–Kier alpha value is -1.81. The lowest BCUT2D eigenvalue weighted by molar-refractivity contribution is 0.103. The van der Waals surface area contributed by atoms with Crippen LogP contribution >= 0.6 is 11.6 Å². The van der Waals surface area contributed by atoms with Crippen molar-refractivity contribution in [2.24, 2.45) is 0 Å². The van der Waals surface area contributed by atoms with Gasteiger partial charge in [0.25, 0.3) is 0 Å². The number of carbonyl (C=O) groups is 1. The highest BCUT2D eigenvalue weighted by Gasteiger charge is 2.24. The number of imidazole rings is 1. The van der Waals surface area contributed by atoms with Crippen LogP contribution in [0.2, 0.25) is 5.02 Å². The standard InChI is InChI=1S/C14H14ClN3O/c15-10-6-4-9(5-7-10)13(19)12-14(16)17-11-3-1-2-8-18(11)12/h4-7H,1-3,8,16H2. The van der Waals surface area contributed by atoms with Crippen LogP contribution in [0.5, 0.6) is 0 Å². The summed E-state index contributed by atoms with van der Waals surface area (Å²) in [6.07, 6.45) is 3.05. The lowest BCUT2D eigenvalue weighted by Gasteiger charge is -2.15. The maximum atomic E-state index is 12.5. The van der Waals surface area contributed by atoms with Gasteiger partial charge in [-0.3, -0.25) is 4.79 Å². The first-order valence-electron chi connectivity index (χ1n) is 6.32. The number of halogens is 1. The molecule has 0 spiro atoms. The van der Waals surface area contributed by atoms with E-state index in [9.17, 15) is 4.79 Å². The number of fused-ring (bicyclic) bond motifs is 1. The second-order valence-electron chi connectivity index (χ2n) is 4.71. The van der Waals surface area contributed by atoms with Gasteiger partial charge in [0.2, 0.25) is 5.78 Å². The van der Waals surface area contributed by atoms with E-state index in [0.717, 1.165) is 31.6 Å². The lowest BCUT2D eigenvalue weighted by atomic mass is 10.1. The van der Waals surface area contributed by atoms with E-state index in [4.69, 9.17) is 17.3 Å². The summed E-state index contributed by atoms with van der Waals surface area (Å²) >= 11 is 5.83. The van der Waals surface area contributed by atoms with Crippen molar-refractivity contribution in [3.63, 3.8) is 0 Å². The molecule has 4 nitrogen and oxygen atoms in total. The quantitative estimate of drug-likeness (QED) is 0.857. The van der Waals surface area contributed by atoms with E-state index in [0.29, 0.717) is 22.1 Å². The molecule has 5 heteroatoms. The van der Waals surface area contributed by atoms with Crippen molar-refractivity contribution in [3.8, 4) is 0 Å². The Bertz CT molecular complexity index is 631. The number of hydrogen-bond donors (Lipinski definition) is 1. The molecule has 0 aliphatic carbocycles. The molecule has 1 aliphatic heterocycles. The van der Waals surface area contributed by atoms with Crippen LogP contribution in [0.1, 0.15) is 34.7 Å². The third-order valence-electron chi connectivity index (χ3n) is 3.43. The highest BCUT2D eigenvalue weighted by molar-refractivity contribution is 6.30. The van der Waals surface area contributed by atoms with Crippen LogP contribution in [-0.2, 0) is 13.0 Å². The van der Waals surface area contributed by atoms with Gasteiger partial charge in [0.15, 0.2) is 5.82 Å². The molecule has 2 heterocycles. The summed E-state index contributed by atoms with van der Waals surface area (Å²) < 4.78 is 1.95. The van der Waals surface area contributed by atoms with Crippen molar-refractivity contribution in [2.45, 2.75) is 25.8 Å². The van der Waals surface area contributed by atoms with Crippen LogP contribution < -0.4 is 5.73 Å². The van der Waals surface area contributed by atoms with Gasteiger partial charge in [0, 0.05) is 23.6 Å². The number of ketones is 1. The van der Waals surface area contributed by atoms with E-state index in [1.54, 1.807) is 24.3 Å². The second-order valence-corrected chi connectivity index (χ2v) is 5.14. The van der Waals surface area contributed by atoms with Gasteiger partial charge >= 0.3 is 0 Å². The molecule has 1 aromatic carbocycles. The normalized spacial score (nSPS) is 14.2. The average molecular weight is 276 g/mol. The third kappa shape index (κ3) is 2.12. The van der Waals surface area contributed by atoms with E-state index in [2.05, 4.69) is 4.98 Å². The van der Waals surface area contributed by atoms with Crippen LogP contribution in [0.15, 0.2) is 24.3 Å². The molecule has 0 saturated carbocycles. The minimum absolute atomic E-state index is 0.0881. The Kier molecular flexibility index (Phi) is 3.03. The number of nitrogens with zero attached hydrogens (tertiary/aromatic N) is 2. The fourth-order valence-corrected chi connectivity index (χ4v) is 2.61. The van der Waals surface area contributed by atoms with Crippen molar-refractivity contribution < 1.29 is 4.79 Å². The first-order chi connectivity index (χ1) is 9.16. The van der Waals surface area contributed by atoms with Gasteiger partial charge in [-0.05, 0) is 37.1 Å². The molecule has 0 unspecified atom stereocenters. The van der Waals surface area contributed by atoms with Gasteiger partial charge in [-0.15, -0.1) is 0 Å². The zero-order valence-corrected chi connectivity index (χ0v) is 11.2. The van der Waals surface area contributed by atoms with E-state index < -0.39 is 0 Å². The highest BCUT2D eigenvalue weighted by Crippen LogP contribution is 2.24.